The van der Waals surface area contributed by atoms with Crippen molar-refractivity contribution in [2.75, 3.05) is 5.32 Å². The molecule has 1 aliphatic carbocycles. The van der Waals surface area contributed by atoms with Crippen LogP contribution in [0.1, 0.15) is 35.7 Å². The molecule has 0 bridgehead atoms. The number of amides is 1. The van der Waals surface area contributed by atoms with Gasteiger partial charge in [-0.05, 0) is 38.0 Å². The number of para-hydroxylation sites is 1. The van der Waals surface area contributed by atoms with E-state index in [-0.39, 0.29) is 11.9 Å². The van der Waals surface area contributed by atoms with Gasteiger partial charge >= 0.3 is 0 Å². The van der Waals surface area contributed by atoms with E-state index >= 15 is 0 Å². The van der Waals surface area contributed by atoms with Gasteiger partial charge in [-0.1, -0.05) is 41.9 Å². The van der Waals surface area contributed by atoms with Crippen molar-refractivity contribution in [2.24, 2.45) is 0 Å². The van der Waals surface area contributed by atoms with E-state index in [4.69, 9.17) is 11.6 Å². The Kier molecular flexibility index (Phi) is 2.95. The molecule has 0 aromatic heterocycles. The van der Waals surface area contributed by atoms with Crippen molar-refractivity contribution >= 4 is 23.2 Å². The summed E-state index contributed by atoms with van der Waals surface area (Å²) in [4.78, 5) is 15.0. The number of nitrogens with zero attached hydrogens (tertiary/aromatic N) is 1. The Hall–Kier alpha value is -2.00. The first kappa shape index (κ1) is 13.6. The van der Waals surface area contributed by atoms with Crippen molar-refractivity contribution in [1.29, 1.82) is 0 Å². The molecule has 1 heterocycles. The van der Waals surface area contributed by atoms with Crippen LogP contribution in [-0.4, -0.2) is 16.8 Å². The number of anilines is 1. The SMILES string of the molecule is CC1(c2ccccc2Cl)Nc2ccccc2C(=O)N1C1CC1. The molecule has 0 saturated heterocycles. The fourth-order valence-corrected chi connectivity index (χ4v) is 3.67. The molecule has 1 unspecified atom stereocenters. The minimum absolute atomic E-state index is 0.0827. The molecule has 1 N–H and O–H groups in total. The second-order valence-corrected chi connectivity index (χ2v) is 6.54. The van der Waals surface area contributed by atoms with Gasteiger partial charge in [0.15, 0.2) is 0 Å². The van der Waals surface area contributed by atoms with Crippen molar-refractivity contribution in [2.45, 2.75) is 31.5 Å². The largest absolute Gasteiger partial charge is 0.358 e. The number of carbonyl (C=O) groups is 1. The number of rotatable bonds is 2. The standard InChI is InChI=1S/C18H17ClN2O/c1-18(14-7-3-4-8-15(14)19)20-16-9-5-2-6-13(16)17(22)21(18)12-10-11-12/h2-9,12,20H,10-11H2,1H3. The minimum Gasteiger partial charge on any atom is -0.358 e. The molecular formula is C18H17ClN2O. The van der Waals surface area contributed by atoms with Crippen LogP contribution in [0.5, 0.6) is 0 Å². The minimum atomic E-state index is -0.620. The van der Waals surface area contributed by atoms with Crippen LogP contribution in [0, 0.1) is 0 Å². The summed E-state index contributed by atoms with van der Waals surface area (Å²) >= 11 is 6.43. The van der Waals surface area contributed by atoms with Gasteiger partial charge in [-0.25, -0.2) is 0 Å². The quantitative estimate of drug-likeness (QED) is 0.899. The highest BCUT2D eigenvalue weighted by atomic mass is 35.5. The lowest BCUT2D eigenvalue weighted by Gasteiger charge is -2.47. The molecule has 1 fully saturated rings. The van der Waals surface area contributed by atoms with Gasteiger partial charge in [0.2, 0.25) is 0 Å². The van der Waals surface area contributed by atoms with Crippen molar-refractivity contribution in [1.82, 2.24) is 4.90 Å². The summed E-state index contributed by atoms with van der Waals surface area (Å²) in [6, 6.07) is 15.7. The molecule has 22 heavy (non-hydrogen) atoms. The topological polar surface area (TPSA) is 32.3 Å². The number of hydrogen-bond donors (Lipinski definition) is 1. The summed E-state index contributed by atoms with van der Waals surface area (Å²) in [6.45, 7) is 2.04. The van der Waals surface area contributed by atoms with E-state index < -0.39 is 5.66 Å². The third-order valence-corrected chi connectivity index (χ3v) is 4.88. The Labute approximate surface area is 134 Å². The Morgan fingerprint density at radius 3 is 2.55 bits per heavy atom. The predicted octanol–water partition coefficient (Wildman–Crippen LogP) is 4.24. The van der Waals surface area contributed by atoms with E-state index in [0.717, 1.165) is 29.7 Å². The molecule has 4 heteroatoms. The third kappa shape index (κ3) is 1.92. The molecule has 1 saturated carbocycles. The van der Waals surface area contributed by atoms with E-state index in [1.165, 1.54) is 0 Å². The van der Waals surface area contributed by atoms with Crippen LogP contribution in [0.25, 0.3) is 0 Å². The van der Waals surface area contributed by atoms with Crippen LogP contribution in [0.3, 0.4) is 0 Å². The summed E-state index contributed by atoms with van der Waals surface area (Å²) in [5.41, 5.74) is 1.92. The van der Waals surface area contributed by atoms with Gasteiger partial charge in [0, 0.05) is 22.3 Å². The third-order valence-electron chi connectivity index (χ3n) is 4.55. The number of nitrogens with one attached hydrogen (secondary N) is 1. The summed E-state index contributed by atoms with van der Waals surface area (Å²) in [5.74, 6) is 0.0827. The second kappa shape index (κ2) is 4.75. The van der Waals surface area contributed by atoms with Crippen LogP contribution in [-0.2, 0) is 5.66 Å². The highest BCUT2D eigenvalue weighted by molar-refractivity contribution is 6.31. The van der Waals surface area contributed by atoms with Gasteiger partial charge in [0.05, 0.1) is 5.56 Å². The van der Waals surface area contributed by atoms with Crippen LogP contribution in [0.15, 0.2) is 48.5 Å². The van der Waals surface area contributed by atoms with Crippen molar-refractivity contribution < 1.29 is 4.79 Å². The molecule has 4 rings (SSSR count). The molecule has 3 nitrogen and oxygen atoms in total. The number of carbonyl (C=O) groups excluding carboxylic acids is 1. The van der Waals surface area contributed by atoms with Gasteiger partial charge < -0.3 is 10.2 Å². The average molecular weight is 313 g/mol. The summed E-state index contributed by atoms with van der Waals surface area (Å²) in [6.07, 6.45) is 2.10. The van der Waals surface area contributed by atoms with E-state index in [1.807, 2.05) is 60.4 Å². The highest BCUT2D eigenvalue weighted by Gasteiger charge is 2.49. The van der Waals surface area contributed by atoms with E-state index in [9.17, 15) is 4.79 Å². The van der Waals surface area contributed by atoms with Crippen molar-refractivity contribution in [3.8, 4) is 0 Å². The zero-order chi connectivity index (χ0) is 15.3. The van der Waals surface area contributed by atoms with Crippen LogP contribution < -0.4 is 5.32 Å². The first-order chi connectivity index (χ1) is 10.6. The zero-order valence-corrected chi connectivity index (χ0v) is 13.1. The van der Waals surface area contributed by atoms with Gasteiger partial charge in [0.25, 0.3) is 5.91 Å². The van der Waals surface area contributed by atoms with Gasteiger partial charge in [-0.2, -0.15) is 0 Å². The monoisotopic (exact) mass is 312 g/mol. The summed E-state index contributed by atoms with van der Waals surface area (Å²) in [5, 5.41) is 4.23. The average Bonchev–Trinajstić information content (AvgIpc) is 3.32. The number of benzene rings is 2. The Bertz CT molecular complexity index is 756. The summed E-state index contributed by atoms with van der Waals surface area (Å²) < 4.78 is 0. The maximum absolute atomic E-state index is 13.0. The first-order valence-corrected chi connectivity index (χ1v) is 7.95. The Morgan fingerprint density at radius 2 is 1.82 bits per heavy atom. The summed E-state index contributed by atoms with van der Waals surface area (Å²) in [7, 11) is 0. The highest BCUT2D eigenvalue weighted by Crippen LogP contribution is 2.45. The Balaban J connectivity index is 1.91. The fraction of sp³-hybridized carbons (Fsp3) is 0.278. The van der Waals surface area contributed by atoms with Crippen LogP contribution in [0.2, 0.25) is 5.02 Å². The lowest BCUT2D eigenvalue weighted by molar-refractivity contribution is 0.0509. The molecule has 1 aliphatic heterocycles. The Morgan fingerprint density at radius 1 is 1.14 bits per heavy atom. The molecule has 1 amide bonds. The van der Waals surface area contributed by atoms with Gasteiger partial charge in [-0.3, -0.25) is 4.79 Å². The number of halogens is 1. The number of fused-ring (bicyclic) bond motifs is 1. The molecule has 112 valence electrons. The molecule has 0 spiro atoms. The van der Waals surface area contributed by atoms with Crippen LogP contribution in [0.4, 0.5) is 5.69 Å². The lowest BCUT2D eigenvalue weighted by Crippen LogP contribution is -2.56. The second-order valence-electron chi connectivity index (χ2n) is 6.13. The normalized spacial score (nSPS) is 23.9. The fourth-order valence-electron chi connectivity index (χ4n) is 3.35. The smallest absolute Gasteiger partial charge is 0.258 e. The van der Waals surface area contributed by atoms with E-state index in [1.54, 1.807) is 0 Å². The van der Waals surface area contributed by atoms with Gasteiger partial charge in [0.1, 0.15) is 5.66 Å². The molecular weight excluding hydrogens is 296 g/mol. The zero-order valence-electron chi connectivity index (χ0n) is 12.3. The maximum atomic E-state index is 13.0. The van der Waals surface area contributed by atoms with E-state index in [0.29, 0.717) is 5.02 Å². The molecule has 2 aliphatic rings. The predicted molar refractivity (Wildman–Crippen MR) is 88.1 cm³/mol. The van der Waals surface area contributed by atoms with Crippen molar-refractivity contribution in [3.63, 3.8) is 0 Å². The number of hydrogen-bond acceptors (Lipinski definition) is 2. The lowest BCUT2D eigenvalue weighted by atomic mass is 9.93. The molecule has 2 aromatic carbocycles. The van der Waals surface area contributed by atoms with Gasteiger partial charge in [-0.15, -0.1) is 0 Å². The van der Waals surface area contributed by atoms with Crippen molar-refractivity contribution in [3.05, 3.63) is 64.7 Å². The maximum Gasteiger partial charge on any atom is 0.258 e. The van der Waals surface area contributed by atoms with Crippen LogP contribution >= 0.6 is 11.6 Å². The molecule has 0 radical (unpaired) electrons. The first-order valence-electron chi connectivity index (χ1n) is 7.57. The van der Waals surface area contributed by atoms with E-state index in [2.05, 4.69) is 5.32 Å². The molecule has 1 atom stereocenters. The molecule has 2 aromatic rings.